The van der Waals surface area contributed by atoms with Crippen LogP contribution in [0.3, 0.4) is 0 Å². The first-order chi connectivity index (χ1) is 12.1. The molecule has 0 aliphatic rings. The first-order valence-corrected chi connectivity index (χ1v) is 8.12. The topological polar surface area (TPSA) is 69.0 Å². The third kappa shape index (κ3) is 3.38. The number of hydrogen-bond acceptors (Lipinski definition) is 4. The zero-order valence-corrected chi connectivity index (χ0v) is 14.5. The second-order valence-corrected chi connectivity index (χ2v) is 5.54. The summed E-state index contributed by atoms with van der Waals surface area (Å²) in [7, 11) is 0. The van der Waals surface area contributed by atoms with Crippen LogP contribution in [0.1, 0.15) is 28.7 Å². The SMILES string of the molecule is CCOc1ncccc1C(=O)Nc1c(C)nn(-c2ccccc2)c1C. The van der Waals surface area contributed by atoms with Crippen LogP contribution in [0.5, 0.6) is 5.88 Å². The summed E-state index contributed by atoms with van der Waals surface area (Å²) in [5, 5.41) is 7.48. The Kier molecular flexibility index (Phi) is 4.79. The molecule has 25 heavy (non-hydrogen) atoms. The molecule has 0 spiro atoms. The van der Waals surface area contributed by atoms with Crippen molar-refractivity contribution in [2.24, 2.45) is 0 Å². The minimum Gasteiger partial charge on any atom is -0.477 e. The Morgan fingerprint density at radius 1 is 1.16 bits per heavy atom. The molecule has 6 nitrogen and oxygen atoms in total. The molecule has 1 N–H and O–H groups in total. The van der Waals surface area contributed by atoms with Gasteiger partial charge in [0.1, 0.15) is 5.56 Å². The first kappa shape index (κ1) is 16.7. The van der Waals surface area contributed by atoms with E-state index in [-0.39, 0.29) is 5.91 Å². The number of ether oxygens (including phenoxy) is 1. The van der Waals surface area contributed by atoms with E-state index in [0.717, 1.165) is 17.1 Å². The molecule has 0 atom stereocenters. The Morgan fingerprint density at radius 3 is 2.64 bits per heavy atom. The standard InChI is InChI=1S/C19H20N4O2/c1-4-25-19-16(11-8-12-20-19)18(24)21-17-13(2)22-23(14(17)3)15-9-6-5-7-10-15/h5-12H,4H2,1-3H3,(H,21,24). The lowest BCUT2D eigenvalue weighted by Crippen LogP contribution is -2.15. The number of nitrogens with zero attached hydrogens (tertiary/aromatic N) is 3. The average Bonchev–Trinajstić information content (AvgIpc) is 2.91. The van der Waals surface area contributed by atoms with Gasteiger partial charge in [0.15, 0.2) is 0 Å². The number of anilines is 1. The molecule has 0 unspecified atom stereocenters. The van der Waals surface area contributed by atoms with Crippen LogP contribution in [-0.4, -0.2) is 27.3 Å². The number of aromatic nitrogens is 3. The fourth-order valence-electron chi connectivity index (χ4n) is 2.64. The molecule has 2 heterocycles. The van der Waals surface area contributed by atoms with E-state index >= 15 is 0 Å². The van der Waals surface area contributed by atoms with E-state index in [1.54, 1.807) is 18.3 Å². The predicted octanol–water partition coefficient (Wildman–Crippen LogP) is 3.54. The molecule has 0 bridgehead atoms. The number of benzene rings is 1. The maximum absolute atomic E-state index is 12.7. The summed E-state index contributed by atoms with van der Waals surface area (Å²) in [5.74, 6) is 0.0589. The second kappa shape index (κ2) is 7.17. The number of hydrogen-bond donors (Lipinski definition) is 1. The van der Waals surface area contributed by atoms with Gasteiger partial charge in [0.2, 0.25) is 5.88 Å². The third-order valence-electron chi connectivity index (χ3n) is 3.83. The van der Waals surface area contributed by atoms with Crippen molar-refractivity contribution in [1.29, 1.82) is 0 Å². The van der Waals surface area contributed by atoms with Gasteiger partial charge in [0.25, 0.3) is 5.91 Å². The molecule has 6 heteroatoms. The van der Waals surface area contributed by atoms with E-state index in [1.165, 1.54) is 0 Å². The van der Waals surface area contributed by atoms with Crippen LogP contribution in [0, 0.1) is 13.8 Å². The van der Waals surface area contributed by atoms with Crippen LogP contribution < -0.4 is 10.1 Å². The van der Waals surface area contributed by atoms with Gasteiger partial charge in [-0.25, -0.2) is 9.67 Å². The van der Waals surface area contributed by atoms with E-state index in [0.29, 0.717) is 23.7 Å². The molecule has 2 aromatic heterocycles. The van der Waals surface area contributed by atoms with Crippen LogP contribution in [0.25, 0.3) is 5.69 Å². The average molecular weight is 336 g/mol. The Morgan fingerprint density at radius 2 is 1.92 bits per heavy atom. The Balaban J connectivity index is 1.92. The summed E-state index contributed by atoms with van der Waals surface area (Å²) >= 11 is 0. The van der Waals surface area contributed by atoms with Crippen molar-refractivity contribution in [2.75, 3.05) is 11.9 Å². The maximum atomic E-state index is 12.7. The van der Waals surface area contributed by atoms with Crippen molar-refractivity contribution in [3.05, 3.63) is 65.6 Å². The first-order valence-electron chi connectivity index (χ1n) is 8.12. The predicted molar refractivity (Wildman–Crippen MR) is 96.4 cm³/mol. The zero-order valence-electron chi connectivity index (χ0n) is 14.5. The molecule has 0 saturated heterocycles. The van der Waals surface area contributed by atoms with E-state index in [2.05, 4.69) is 15.4 Å². The number of carbonyl (C=O) groups excluding carboxylic acids is 1. The Labute approximate surface area is 146 Å². The van der Waals surface area contributed by atoms with E-state index in [1.807, 2.05) is 55.8 Å². The quantitative estimate of drug-likeness (QED) is 0.774. The highest BCUT2D eigenvalue weighted by Gasteiger charge is 2.19. The van der Waals surface area contributed by atoms with E-state index < -0.39 is 0 Å². The summed E-state index contributed by atoms with van der Waals surface area (Å²) < 4.78 is 7.26. The second-order valence-electron chi connectivity index (χ2n) is 5.54. The largest absolute Gasteiger partial charge is 0.477 e. The molecule has 3 rings (SSSR count). The number of pyridine rings is 1. The van der Waals surface area contributed by atoms with Crippen LogP contribution in [-0.2, 0) is 0 Å². The zero-order chi connectivity index (χ0) is 17.8. The molecule has 3 aromatic rings. The lowest BCUT2D eigenvalue weighted by Gasteiger charge is -2.10. The number of aryl methyl sites for hydroxylation is 1. The van der Waals surface area contributed by atoms with Crippen LogP contribution in [0.4, 0.5) is 5.69 Å². The van der Waals surface area contributed by atoms with Crippen molar-refractivity contribution in [1.82, 2.24) is 14.8 Å². The molecule has 128 valence electrons. The Bertz CT molecular complexity index is 888. The summed E-state index contributed by atoms with van der Waals surface area (Å²) in [4.78, 5) is 16.8. The molecule has 1 aromatic carbocycles. The number of amides is 1. The van der Waals surface area contributed by atoms with Crippen molar-refractivity contribution in [3.63, 3.8) is 0 Å². The van der Waals surface area contributed by atoms with Gasteiger partial charge in [0, 0.05) is 6.20 Å². The minimum atomic E-state index is -0.268. The fraction of sp³-hybridized carbons (Fsp3) is 0.211. The van der Waals surface area contributed by atoms with Gasteiger partial charge in [-0.05, 0) is 45.0 Å². The van der Waals surface area contributed by atoms with Crippen LogP contribution in [0.15, 0.2) is 48.7 Å². The molecule has 0 aliphatic carbocycles. The Hall–Kier alpha value is -3.15. The van der Waals surface area contributed by atoms with Crippen molar-refractivity contribution < 1.29 is 9.53 Å². The summed E-state index contributed by atoms with van der Waals surface area (Å²) in [6.07, 6.45) is 1.60. The van der Waals surface area contributed by atoms with Crippen molar-refractivity contribution >= 4 is 11.6 Å². The van der Waals surface area contributed by atoms with Gasteiger partial charge in [-0.15, -0.1) is 0 Å². The summed E-state index contributed by atoms with van der Waals surface area (Å²) in [6.45, 7) is 6.10. The summed E-state index contributed by atoms with van der Waals surface area (Å²) in [6, 6.07) is 13.2. The summed E-state index contributed by atoms with van der Waals surface area (Å²) in [5.41, 5.74) is 3.64. The molecular formula is C19H20N4O2. The van der Waals surface area contributed by atoms with Crippen molar-refractivity contribution in [2.45, 2.75) is 20.8 Å². The van der Waals surface area contributed by atoms with Crippen LogP contribution >= 0.6 is 0 Å². The highest BCUT2D eigenvalue weighted by atomic mass is 16.5. The highest BCUT2D eigenvalue weighted by Crippen LogP contribution is 2.24. The van der Waals surface area contributed by atoms with Gasteiger partial charge in [-0.2, -0.15) is 5.10 Å². The number of rotatable bonds is 5. The van der Waals surface area contributed by atoms with Gasteiger partial charge in [-0.3, -0.25) is 4.79 Å². The smallest absolute Gasteiger partial charge is 0.261 e. The normalized spacial score (nSPS) is 10.5. The van der Waals surface area contributed by atoms with Gasteiger partial charge in [0.05, 0.1) is 29.4 Å². The van der Waals surface area contributed by atoms with Crippen molar-refractivity contribution in [3.8, 4) is 11.6 Å². The molecule has 1 amide bonds. The van der Waals surface area contributed by atoms with Gasteiger partial charge in [-0.1, -0.05) is 18.2 Å². The monoisotopic (exact) mass is 336 g/mol. The molecule has 0 fully saturated rings. The fourth-order valence-corrected chi connectivity index (χ4v) is 2.64. The van der Waals surface area contributed by atoms with Crippen LogP contribution in [0.2, 0.25) is 0 Å². The highest BCUT2D eigenvalue weighted by molar-refractivity contribution is 6.06. The molecule has 0 saturated carbocycles. The lowest BCUT2D eigenvalue weighted by atomic mass is 10.2. The molecule has 0 radical (unpaired) electrons. The van der Waals surface area contributed by atoms with E-state index in [9.17, 15) is 4.79 Å². The minimum absolute atomic E-state index is 0.268. The third-order valence-corrected chi connectivity index (χ3v) is 3.83. The molecule has 0 aliphatic heterocycles. The van der Waals surface area contributed by atoms with Gasteiger partial charge >= 0.3 is 0 Å². The van der Waals surface area contributed by atoms with Gasteiger partial charge < -0.3 is 10.1 Å². The number of para-hydroxylation sites is 1. The van der Waals surface area contributed by atoms with E-state index in [4.69, 9.17) is 4.74 Å². The number of carbonyl (C=O) groups is 1. The maximum Gasteiger partial charge on any atom is 0.261 e. The number of nitrogens with one attached hydrogen (secondary N) is 1. The molecular weight excluding hydrogens is 316 g/mol. The lowest BCUT2D eigenvalue weighted by molar-refractivity contribution is 0.102.